The monoisotopic (exact) mass is 410 g/mol. The van der Waals surface area contributed by atoms with Crippen molar-refractivity contribution >= 4 is 11.9 Å². The van der Waals surface area contributed by atoms with Gasteiger partial charge in [-0.2, -0.15) is 0 Å². The second-order valence-electron chi connectivity index (χ2n) is 7.23. The van der Waals surface area contributed by atoms with E-state index < -0.39 is 0 Å². The number of ether oxygens (including phenoxy) is 2. The van der Waals surface area contributed by atoms with Crippen molar-refractivity contribution in [1.82, 2.24) is 0 Å². The van der Waals surface area contributed by atoms with Crippen molar-refractivity contribution in [2.45, 2.75) is 111 Å². The van der Waals surface area contributed by atoms with Gasteiger partial charge >= 0.3 is 11.9 Å². The molecule has 0 saturated carbocycles. The van der Waals surface area contributed by atoms with E-state index in [1.54, 1.807) is 6.92 Å². The van der Waals surface area contributed by atoms with Crippen LogP contribution in [-0.4, -0.2) is 25.2 Å². The summed E-state index contributed by atoms with van der Waals surface area (Å²) in [5.74, 6) is -0.518. The molecule has 0 fully saturated rings. The van der Waals surface area contributed by atoms with Crippen LogP contribution in [0, 0.1) is 0 Å². The van der Waals surface area contributed by atoms with Gasteiger partial charge < -0.3 is 9.47 Å². The third kappa shape index (κ3) is 31.3. The second kappa shape index (κ2) is 26.4. The number of carbonyl (C=O) groups is 2. The Morgan fingerprint density at radius 3 is 1.62 bits per heavy atom. The van der Waals surface area contributed by atoms with E-state index >= 15 is 0 Å². The molecule has 0 aromatic heterocycles. The van der Waals surface area contributed by atoms with Gasteiger partial charge in [0.05, 0.1) is 13.2 Å². The molecule has 0 heterocycles. The third-order valence-corrected chi connectivity index (χ3v) is 4.41. The maximum absolute atomic E-state index is 10.8. The fourth-order valence-electron chi connectivity index (χ4n) is 2.78. The quantitative estimate of drug-likeness (QED) is 0.103. The van der Waals surface area contributed by atoms with Gasteiger partial charge in [0.2, 0.25) is 0 Å². The van der Waals surface area contributed by atoms with E-state index in [2.05, 4.69) is 30.4 Å². The number of unbranched alkanes of at least 4 members (excludes halogenated alkanes) is 12. The Morgan fingerprint density at radius 2 is 1.21 bits per heavy atom. The molecule has 170 valence electrons. The van der Waals surface area contributed by atoms with Gasteiger partial charge in [0.1, 0.15) is 0 Å². The third-order valence-electron chi connectivity index (χ3n) is 4.41. The maximum atomic E-state index is 10.8. The molecule has 0 rings (SSSR count). The molecule has 0 N–H and O–H groups in total. The van der Waals surface area contributed by atoms with Gasteiger partial charge in [-0.15, -0.1) is 0 Å². The van der Waals surface area contributed by atoms with Crippen molar-refractivity contribution in [3.63, 3.8) is 0 Å². The Balaban J connectivity index is 0. The lowest BCUT2D eigenvalue weighted by Gasteiger charge is -2.02. The number of allylic oxidation sites excluding steroid dienone is 2. The lowest BCUT2D eigenvalue weighted by atomic mass is 10.1. The fourth-order valence-corrected chi connectivity index (χ4v) is 2.78. The van der Waals surface area contributed by atoms with Crippen LogP contribution in [0.25, 0.3) is 0 Å². The highest BCUT2D eigenvalue weighted by atomic mass is 16.5. The van der Waals surface area contributed by atoms with Gasteiger partial charge in [0.15, 0.2) is 0 Å². The number of carbonyl (C=O) groups excluding carboxylic acids is 2. The van der Waals surface area contributed by atoms with Gasteiger partial charge in [-0.3, -0.25) is 4.79 Å². The Bertz CT molecular complexity index is 402. The zero-order chi connectivity index (χ0) is 22.0. The molecule has 0 saturated heterocycles. The highest BCUT2D eigenvalue weighted by Crippen LogP contribution is 2.10. The molecule has 0 aliphatic rings. The van der Waals surface area contributed by atoms with E-state index in [-0.39, 0.29) is 11.9 Å². The first kappa shape index (κ1) is 29.6. The molecular weight excluding hydrogens is 364 g/mol. The first-order valence-corrected chi connectivity index (χ1v) is 11.7. The van der Waals surface area contributed by atoms with Crippen LogP contribution in [0.1, 0.15) is 111 Å². The zero-order valence-electron chi connectivity index (χ0n) is 19.4. The fraction of sp³-hybridized carbons (Fsp3) is 0.760. The van der Waals surface area contributed by atoms with Gasteiger partial charge in [-0.05, 0) is 39.0 Å². The minimum atomic E-state index is -0.308. The van der Waals surface area contributed by atoms with Crippen molar-refractivity contribution in [1.29, 1.82) is 0 Å². The number of hydrogen-bond acceptors (Lipinski definition) is 4. The lowest BCUT2D eigenvalue weighted by Crippen LogP contribution is -2.01. The topological polar surface area (TPSA) is 52.6 Å². The minimum Gasteiger partial charge on any atom is -0.466 e. The van der Waals surface area contributed by atoms with Gasteiger partial charge in [0.25, 0.3) is 0 Å². The minimum absolute atomic E-state index is 0.211. The predicted octanol–water partition coefficient (Wildman–Crippen LogP) is 7.32. The highest BCUT2D eigenvalue weighted by molar-refractivity contribution is 5.81. The molecule has 0 unspecified atom stereocenters. The van der Waals surface area contributed by atoms with Crippen LogP contribution in [0.15, 0.2) is 24.8 Å². The van der Waals surface area contributed by atoms with Crippen LogP contribution < -0.4 is 0 Å². The molecule has 0 aliphatic carbocycles. The predicted molar refractivity (Wildman–Crippen MR) is 123 cm³/mol. The van der Waals surface area contributed by atoms with Gasteiger partial charge in [-0.1, -0.05) is 83.4 Å². The van der Waals surface area contributed by atoms with Crippen molar-refractivity contribution < 1.29 is 19.1 Å². The van der Waals surface area contributed by atoms with E-state index in [1.165, 1.54) is 90.0 Å². The number of esters is 2. The normalized spacial score (nSPS) is 10.3. The molecule has 0 radical (unpaired) electrons. The maximum Gasteiger partial charge on any atom is 0.330 e. The highest BCUT2D eigenvalue weighted by Gasteiger charge is 1.95. The number of hydrogen-bond donors (Lipinski definition) is 0. The van der Waals surface area contributed by atoms with Crippen LogP contribution in [0.4, 0.5) is 0 Å². The molecule has 0 spiro atoms. The van der Waals surface area contributed by atoms with Crippen LogP contribution in [0.3, 0.4) is 0 Å². The second-order valence-corrected chi connectivity index (χ2v) is 7.23. The summed E-state index contributed by atoms with van der Waals surface area (Å²) in [5.41, 5.74) is 0. The molecule has 29 heavy (non-hydrogen) atoms. The first-order valence-electron chi connectivity index (χ1n) is 11.7. The van der Waals surface area contributed by atoms with Crippen LogP contribution in [0.5, 0.6) is 0 Å². The van der Waals surface area contributed by atoms with Crippen LogP contribution in [0.2, 0.25) is 0 Å². The Kier molecular flexibility index (Phi) is 27.0. The standard InChI is InChI=1S/C21H38O2.C4H8O2/c1-3-5-6-7-8-9-10-11-12-13-14-15-16-17-18-19-20-23-21(22)4-2;1-3-6-4(2)5/h4,11-12H,2-3,5-10,13-20H2,1H3;3H2,1-2H3. The molecule has 4 heteroatoms. The molecule has 0 amide bonds. The van der Waals surface area contributed by atoms with E-state index in [9.17, 15) is 9.59 Å². The molecule has 0 aromatic rings. The molecule has 0 bridgehead atoms. The first-order chi connectivity index (χ1) is 14.1. The smallest absolute Gasteiger partial charge is 0.330 e. The summed E-state index contributed by atoms with van der Waals surface area (Å²) in [6.07, 6.45) is 24.0. The van der Waals surface area contributed by atoms with Crippen LogP contribution >= 0.6 is 0 Å². The van der Waals surface area contributed by atoms with Crippen molar-refractivity contribution in [3.05, 3.63) is 24.8 Å². The largest absolute Gasteiger partial charge is 0.466 e. The molecule has 0 aliphatic heterocycles. The summed E-state index contributed by atoms with van der Waals surface area (Å²) >= 11 is 0. The SMILES string of the molecule is C=CC(=O)OCCCCCCCCC=CCCCCCCCC.CCOC(C)=O. The Morgan fingerprint density at radius 1 is 0.724 bits per heavy atom. The van der Waals surface area contributed by atoms with Gasteiger partial charge in [-0.25, -0.2) is 4.79 Å². The summed E-state index contributed by atoms with van der Waals surface area (Å²) in [6.45, 7) is 9.83. The zero-order valence-corrected chi connectivity index (χ0v) is 19.4. The summed E-state index contributed by atoms with van der Waals surface area (Å²) in [6, 6.07) is 0. The summed E-state index contributed by atoms with van der Waals surface area (Å²) in [4.78, 5) is 20.6. The Labute approximate surface area is 180 Å². The van der Waals surface area contributed by atoms with Gasteiger partial charge in [0, 0.05) is 13.0 Å². The van der Waals surface area contributed by atoms with Crippen molar-refractivity contribution in [3.8, 4) is 0 Å². The van der Waals surface area contributed by atoms with Crippen LogP contribution in [-0.2, 0) is 19.1 Å². The number of rotatable bonds is 18. The van der Waals surface area contributed by atoms with Crippen molar-refractivity contribution in [2.75, 3.05) is 13.2 Å². The summed E-state index contributed by atoms with van der Waals surface area (Å²) in [7, 11) is 0. The average Bonchev–Trinajstić information content (AvgIpc) is 2.70. The van der Waals surface area contributed by atoms with E-state index in [0.29, 0.717) is 13.2 Å². The van der Waals surface area contributed by atoms with E-state index in [4.69, 9.17) is 4.74 Å². The lowest BCUT2D eigenvalue weighted by molar-refractivity contribution is -0.140. The molecule has 0 atom stereocenters. The summed E-state index contributed by atoms with van der Waals surface area (Å²) < 4.78 is 9.35. The average molecular weight is 411 g/mol. The molecular formula is C25H46O4. The van der Waals surface area contributed by atoms with Crippen molar-refractivity contribution in [2.24, 2.45) is 0 Å². The summed E-state index contributed by atoms with van der Waals surface area (Å²) in [5, 5.41) is 0. The molecule has 0 aromatic carbocycles. The Hall–Kier alpha value is -1.58. The molecule has 4 nitrogen and oxygen atoms in total. The van der Waals surface area contributed by atoms with E-state index in [0.717, 1.165) is 12.8 Å². The van der Waals surface area contributed by atoms with E-state index in [1.807, 2.05) is 0 Å².